The number of amides is 1. The predicted octanol–water partition coefficient (Wildman–Crippen LogP) is 5.15. The van der Waals surface area contributed by atoms with Gasteiger partial charge in [0, 0.05) is 22.0 Å². The molecule has 2 heterocycles. The van der Waals surface area contributed by atoms with Crippen molar-refractivity contribution in [2.45, 2.75) is 18.7 Å². The molecule has 33 heavy (non-hydrogen) atoms. The minimum atomic E-state index is -1.09. The molecule has 6 nitrogen and oxygen atoms in total. The van der Waals surface area contributed by atoms with Crippen LogP contribution in [0.15, 0.2) is 72.8 Å². The van der Waals surface area contributed by atoms with E-state index < -0.39 is 11.6 Å². The lowest BCUT2D eigenvalue weighted by molar-refractivity contribution is -0.130. The minimum absolute atomic E-state index is 0.191. The van der Waals surface area contributed by atoms with Crippen LogP contribution in [0, 0.1) is 5.92 Å². The number of para-hydroxylation sites is 1. The van der Waals surface area contributed by atoms with Gasteiger partial charge < -0.3 is 20.1 Å². The van der Waals surface area contributed by atoms with Crippen molar-refractivity contribution in [1.29, 1.82) is 0 Å². The van der Waals surface area contributed by atoms with Crippen LogP contribution < -0.4 is 25.0 Å². The molecule has 2 bridgehead atoms. The maximum Gasteiger partial charge on any atom is 0.236 e. The zero-order valence-electron chi connectivity index (χ0n) is 18.0. The molecule has 3 aromatic rings. The molecule has 2 aliphatic rings. The summed E-state index contributed by atoms with van der Waals surface area (Å²) in [6.45, 7) is 1.89. The van der Waals surface area contributed by atoms with Crippen molar-refractivity contribution in [3.05, 3.63) is 83.4 Å². The number of fused-ring (bicyclic) bond motifs is 4. The highest BCUT2D eigenvalue weighted by molar-refractivity contribution is 7.80. The van der Waals surface area contributed by atoms with E-state index in [0.29, 0.717) is 27.3 Å². The largest absolute Gasteiger partial charge is 0.497 e. The molecule has 0 aliphatic carbocycles. The second-order valence-corrected chi connectivity index (χ2v) is 8.96. The van der Waals surface area contributed by atoms with Crippen molar-refractivity contribution in [2.75, 3.05) is 17.3 Å². The Morgan fingerprint density at radius 3 is 2.64 bits per heavy atom. The topological polar surface area (TPSA) is 62.8 Å². The van der Waals surface area contributed by atoms with E-state index in [4.69, 9.17) is 33.3 Å². The molecule has 8 heteroatoms. The summed E-state index contributed by atoms with van der Waals surface area (Å²) in [5, 5.41) is 7.45. The molecule has 0 aromatic heterocycles. The van der Waals surface area contributed by atoms with Gasteiger partial charge in [-0.3, -0.25) is 9.69 Å². The molecular weight excluding hydrogens is 458 g/mol. The molecule has 1 saturated heterocycles. The minimum Gasteiger partial charge on any atom is -0.497 e. The van der Waals surface area contributed by atoms with Crippen LogP contribution in [0.2, 0.25) is 5.02 Å². The van der Waals surface area contributed by atoms with E-state index in [1.54, 1.807) is 37.4 Å². The molecule has 1 fully saturated rings. The highest BCUT2D eigenvalue weighted by Crippen LogP contribution is 2.49. The van der Waals surface area contributed by atoms with E-state index in [9.17, 15) is 4.79 Å². The van der Waals surface area contributed by atoms with Gasteiger partial charge in [0.1, 0.15) is 17.4 Å². The molecule has 168 valence electrons. The highest BCUT2D eigenvalue weighted by atomic mass is 35.5. The summed E-state index contributed by atoms with van der Waals surface area (Å²) in [5.41, 5.74) is 1.20. The van der Waals surface area contributed by atoms with Crippen molar-refractivity contribution < 1.29 is 14.3 Å². The fourth-order valence-corrected chi connectivity index (χ4v) is 5.23. The van der Waals surface area contributed by atoms with Crippen LogP contribution in [0.4, 0.5) is 11.4 Å². The van der Waals surface area contributed by atoms with Crippen molar-refractivity contribution in [2.24, 2.45) is 5.92 Å². The van der Waals surface area contributed by atoms with Crippen molar-refractivity contribution in [1.82, 2.24) is 5.32 Å². The first-order chi connectivity index (χ1) is 15.9. The Morgan fingerprint density at radius 2 is 1.91 bits per heavy atom. The van der Waals surface area contributed by atoms with Crippen molar-refractivity contribution in [3.63, 3.8) is 0 Å². The Hall–Kier alpha value is -3.29. The average Bonchev–Trinajstić information content (AvgIpc) is 2.79. The Labute approximate surface area is 202 Å². The van der Waals surface area contributed by atoms with Crippen LogP contribution in [0.1, 0.15) is 18.5 Å². The zero-order valence-corrected chi connectivity index (χ0v) is 19.6. The Balaban J connectivity index is 1.59. The second kappa shape index (κ2) is 8.24. The summed E-state index contributed by atoms with van der Waals surface area (Å²) in [7, 11) is 1.60. The highest BCUT2D eigenvalue weighted by Gasteiger charge is 2.59. The summed E-state index contributed by atoms with van der Waals surface area (Å²) in [6, 6.07) is 21.9. The summed E-state index contributed by atoms with van der Waals surface area (Å²) < 4.78 is 11.8. The number of nitrogens with one attached hydrogen (secondary N) is 2. The number of anilines is 2. The first-order valence-electron chi connectivity index (χ1n) is 10.5. The number of hydrogen-bond donors (Lipinski definition) is 2. The number of halogens is 1. The normalized spacial score (nSPS) is 23.1. The number of benzene rings is 3. The van der Waals surface area contributed by atoms with E-state index >= 15 is 0 Å². The van der Waals surface area contributed by atoms with E-state index in [1.165, 1.54) is 0 Å². The third kappa shape index (κ3) is 3.67. The SMILES string of the molecule is COc1ccc(NC(=O)[C@@H]2[C@H]3NC(=S)N(c4cccc(Cl)c4)[C@@]2(C)Oc2ccccc23)cc1. The van der Waals surface area contributed by atoms with Crippen LogP contribution in [0.5, 0.6) is 11.5 Å². The van der Waals surface area contributed by atoms with Gasteiger partial charge in [-0.05, 0) is 67.7 Å². The molecule has 0 saturated carbocycles. The second-order valence-electron chi connectivity index (χ2n) is 8.13. The van der Waals surface area contributed by atoms with Crippen LogP contribution >= 0.6 is 23.8 Å². The number of carbonyl (C=O) groups excluding carboxylic acids is 1. The Morgan fingerprint density at radius 1 is 1.15 bits per heavy atom. The number of rotatable bonds is 4. The number of carbonyl (C=O) groups is 1. The van der Waals surface area contributed by atoms with E-state index in [2.05, 4.69) is 10.6 Å². The lowest BCUT2D eigenvalue weighted by Gasteiger charge is -2.56. The maximum absolute atomic E-state index is 13.7. The van der Waals surface area contributed by atoms with Gasteiger partial charge in [-0.15, -0.1) is 0 Å². The predicted molar refractivity (Wildman–Crippen MR) is 133 cm³/mol. The summed E-state index contributed by atoms with van der Waals surface area (Å²) in [6.07, 6.45) is 0. The van der Waals surface area contributed by atoms with Crippen LogP contribution in [-0.2, 0) is 4.79 Å². The Kier molecular flexibility index (Phi) is 5.38. The monoisotopic (exact) mass is 479 g/mol. The third-order valence-corrected chi connectivity index (χ3v) is 6.65. The van der Waals surface area contributed by atoms with Crippen LogP contribution in [0.3, 0.4) is 0 Å². The van der Waals surface area contributed by atoms with Gasteiger partial charge in [0.25, 0.3) is 0 Å². The number of nitrogens with zero attached hydrogens (tertiary/aromatic N) is 1. The van der Waals surface area contributed by atoms with Crippen LogP contribution in [0.25, 0.3) is 0 Å². The molecule has 3 atom stereocenters. The van der Waals surface area contributed by atoms with Crippen molar-refractivity contribution in [3.8, 4) is 11.5 Å². The molecule has 0 unspecified atom stereocenters. The first-order valence-corrected chi connectivity index (χ1v) is 11.3. The van der Waals surface area contributed by atoms with E-state index in [-0.39, 0.29) is 11.9 Å². The lowest BCUT2D eigenvalue weighted by atomic mass is 9.78. The number of thiocarbonyl (C=S) groups is 1. The third-order valence-electron chi connectivity index (χ3n) is 6.11. The van der Waals surface area contributed by atoms with E-state index in [0.717, 1.165) is 11.3 Å². The average molecular weight is 480 g/mol. The van der Waals surface area contributed by atoms with Gasteiger partial charge in [-0.2, -0.15) is 0 Å². The molecule has 1 amide bonds. The summed E-state index contributed by atoms with van der Waals surface area (Å²) in [4.78, 5) is 15.6. The smallest absolute Gasteiger partial charge is 0.236 e. The van der Waals surface area contributed by atoms with Gasteiger partial charge in [0.15, 0.2) is 10.8 Å². The maximum atomic E-state index is 13.7. The van der Waals surface area contributed by atoms with Gasteiger partial charge in [-0.1, -0.05) is 35.9 Å². The molecular formula is C25H22ClN3O3S. The number of ether oxygens (including phenoxy) is 2. The van der Waals surface area contributed by atoms with Gasteiger partial charge in [0.05, 0.1) is 13.2 Å². The molecule has 0 radical (unpaired) electrons. The molecule has 2 N–H and O–H groups in total. The fourth-order valence-electron chi connectivity index (χ4n) is 4.63. The molecule has 5 rings (SSSR count). The molecule has 3 aromatic carbocycles. The van der Waals surface area contributed by atoms with Crippen molar-refractivity contribution >= 4 is 46.2 Å². The zero-order chi connectivity index (χ0) is 23.2. The van der Waals surface area contributed by atoms with Gasteiger partial charge in [-0.25, -0.2) is 0 Å². The van der Waals surface area contributed by atoms with Gasteiger partial charge >= 0.3 is 0 Å². The fraction of sp³-hybridized carbons (Fsp3) is 0.200. The van der Waals surface area contributed by atoms with Crippen LogP contribution in [-0.4, -0.2) is 23.9 Å². The van der Waals surface area contributed by atoms with Gasteiger partial charge in [0.2, 0.25) is 5.91 Å². The Bertz CT molecular complexity index is 1240. The molecule has 2 aliphatic heterocycles. The summed E-state index contributed by atoms with van der Waals surface area (Å²) >= 11 is 12.0. The number of methoxy groups -OCH3 is 1. The van der Waals surface area contributed by atoms with E-state index in [1.807, 2.05) is 54.3 Å². The molecule has 0 spiro atoms. The summed E-state index contributed by atoms with van der Waals surface area (Å²) in [5.74, 6) is 0.607. The standard InChI is InChI=1S/C25H22ClN3O3S/c1-25-21(23(30)27-16-10-12-18(31-2)13-11-16)22(19-8-3-4-9-20(19)32-25)28-24(33)29(25)17-7-5-6-15(26)14-17/h3-14,21-22H,1-2H3,(H,27,30)(H,28,33)/t21-,22-,25-/m0/s1. The quantitative estimate of drug-likeness (QED) is 0.505. The lowest BCUT2D eigenvalue weighted by Crippen LogP contribution is -2.72. The first kappa shape index (κ1) is 21.6. The number of hydrogen-bond acceptors (Lipinski definition) is 4.